The second kappa shape index (κ2) is 14.2. The molecule has 0 fully saturated rings. The van der Waals surface area contributed by atoms with Gasteiger partial charge in [0.2, 0.25) is 11.8 Å². The average molecular weight is 607 g/mol. The number of aliphatic carboxylic acids is 1. The van der Waals surface area contributed by atoms with E-state index < -0.39 is 54.5 Å². The molecule has 10 nitrogen and oxygen atoms in total. The zero-order valence-electron chi connectivity index (χ0n) is 21.5. The van der Waals surface area contributed by atoms with Crippen LogP contribution in [0.3, 0.4) is 0 Å². The van der Waals surface area contributed by atoms with E-state index in [-0.39, 0.29) is 23.5 Å². The summed E-state index contributed by atoms with van der Waals surface area (Å²) in [6.45, 7) is 5.83. The topological polar surface area (TPSA) is 148 Å². The van der Waals surface area contributed by atoms with Crippen molar-refractivity contribution in [2.45, 2.75) is 38.8 Å². The summed E-state index contributed by atoms with van der Waals surface area (Å²) >= 11 is 3.10. The van der Waals surface area contributed by atoms with Gasteiger partial charge in [-0.15, -0.1) is 0 Å². The number of amides is 2. The molecule has 0 aliphatic carbocycles. The second-order valence-corrected chi connectivity index (χ2v) is 9.51. The van der Waals surface area contributed by atoms with Gasteiger partial charge < -0.3 is 25.2 Å². The largest absolute Gasteiger partial charge is 0.496 e. The Hall–Kier alpha value is -4.06. The fraction of sp³-hybridized carbons (Fsp3) is 0.296. The molecule has 2 atom stereocenters. The Kier molecular flexibility index (Phi) is 11.3. The minimum Gasteiger partial charge on any atom is -0.496 e. The van der Waals surface area contributed by atoms with Crippen LogP contribution in [0.25, 0.3) is 0 Å². The number of halogens is 2. The number of carbonyl (C=O) groups excluding carboxylic acids is 4. The van der Waals surface area contributed by atoms with Crippen LogP contribution in [-0.4, -0.2) is 60.3 Å². The highest BCUT2D eigenvalue weighted by atomic mass is 79.9. The summed E-state index contributed by atoms with van der Waals surface area (Å²) in [6.07, 6.45) is -1.02. The van der Waals surface area contributed by atoms with Gasteiger partial charge in [-0.3, -0.25) is 24.0 Å². The van der Waals surface area contributed by atoms with E-state index >= 15 is 0 Å². The number of Topliss-reactive ketones (excluding diaryl/α,β-unsaturated/α-hetero) is 2. The van der Waals surface area contributed by atoms with Crippen LogP contribution in [0.15, 0.2) is 53.0 Å². The third-order valence-corrected chi connectivity index (χ3v) is 5.94. The molecular formula is C27H28BrFN2O8. The molecule has 0 aliphatic rings. The first-order chi connectivity index (χ1) is 18.3. The van der Waals surface area contributed by atoms with Crippen molar-refractivity contribution >= 4 is 45.3 Å². The Bertz CT molecular complexity index is 1300. The number of ether oxygens (including phenoxy) is 2. The van der Waals surface area contributed by atoms with Crippen molar-refractivity contribution in [3.05, 3.63) is 70.0 Å². The first-order valence-corrected chi connectivity index (χ1v) is 12.4. The van der Waals surface area contributed by atoms with Gasteiger partial charge in [-0.1, -0.05) is 22.5 Å². The van der Waals surface area contributed by atoms with Gasteiger partial charge in [0.25, 0.3) is 0 Å². The fourth-order valence-corrected chi connectivity index (χ4v) is 3.78. The number of ketones is 2. The molecule has 2 rings (SSSR count). The molecule has 12 heteroatoms. The van der Waals surface area contributed by atoms with Crippen molar-refractivity contribution in [2.75, 3.05) is 13.7 Å². The third kappa shape index (κ3) is 9.32. The lowest BCUT2D eigenvalue weighted by Gasteiger charge is -2.22. The average Bonchev–Trinajstić information content (AvgIpc) is 2.85. The van der Waals surface area contributed by atoms with E-state index in [0.717, 1.165) is 6.07 Å². The van der Waals surface area contributed by atoms with E-state index in [2.05, 4.69) is 33.1 Å². The monoisotopic (exact) mass is 606 g/mol. The molecule has 2 aromatic rings. The quantitative estimate of drug-likeness (QED) is 0.219. The molecule has 0 heterocycles. The molecule has 0 saturated carbocycles. The van der Waals surface area contributed by atoms with Crippen LogP contribution in [0.1, 0.15) is 36.2 Å². The van der Waals surface area contributed by atoms with Crippen molar-refractivity contribution in [3.8, 4) is 11.5 Å². The minimum absolute atomic E-state index is 0.208. The second-order valence-electron chi connectivity index (χ2n) is 8.60. The zero-order chi connectivity index (χ0) is 29.3. The van der Waals surface area contributed by atoms with Crippen molar-refractivity contribution in [1.29, 1.82) is 0 Å². The molecule has 0 saturated heterocycles. The molecule has 0 radical (unpaired) electrons. The third-order valence-electron chi connectivity index (χ3n) is 5.45. The number of rotatable bonds is 14. The van der Waals surface area contributed by atoms with Gasteiger partial charge >= 0.3 is 5.97 Å². The van der Waals surface area contributed by atoms with Crippen LogP contribution >= 0.6 is 15.9 Å². The van der Waals surface area contributed by atoms with Gasteiger partial charge in [-0.25, -0.2) is 4.39 Å². The summed E-state index contributed by atoms with van der Waals surface area (Å²) in [5, 5.41) is 14.0. The summed E-state index contributed by atoms with van der Waals surface area (Å²) in [6, 6.07) is 5.67. The van der Waals surface area contributed by atoms with Gasteiger partial charge in [0, 0.05) is 15.6 Å². The Morgan fingerprint density at radius 1 is 1.05 bits per heavy atom. The summed E-state index contributed by atoms with van der Waals surface area (Å²) in [4.78, 5) is 61.6. The van der Waals surface area contributed by atoms with E-state index in [4.69, 9.17) is 9.47 Å². The Morgan fingerprint density at radius 3 is 2.28 bits per heavy atom. The van der Waals surface area contributed by atoms with Gasteiger partial charge in [0.05, 0.1) is 20.0 Å². The maximum atomic E-state index is 14.0. The first kappa shape index (κ1) is 31.2. The summed E-state index contributed by atoms with van der Waals surface area (Å²) in [5.41, 5.74) is 0.980. The normalized spacial score (nSPS) is 12.0. The first-order valence-electron chi connectivity index (χ1n) is 11.6. The van der Waals surface area contributed by atoms with E-state index in [0.29, 0.717) is 21.3 Å². The Morgan fingerprint density at radius 2 is 1.72 bits per heavy atom. The van der Waals surface area contributed by atoms with E-state index in [1.165, 1.54) is 39.2 Å². The molecular weight excluding hydrogens is 579 g/mol. The molecule has 39 heavy (non-hydrogen) atoms. The summed E-state index contributed by atoms with van der Waals surface area (Å²) in [5.74, 6) is -4.53. The predicted molar refractivity (Wildman–Crippen MR) is 142 cm³/mol. The van der Waals surface area contributed by atoms with Gasteiger partial charge in [0.1, 0.15) is 24.4 Å². The lowest BCUT2D eigenvalue weighted by Crippen LogP contribution is -2.53. The Balaban J connectivity index is 2.13. The van der Waals surface area contributed by atoms with Crippen molar-refractivity contribution < 1.29 is 42.9 Å². The van der Waals surface area contributed by atoms with Gasteiger partial charge in [-0.05, 0) is 55.8 Å². The number of hydrogen-bond donors (Lipinski definition) is 3. The highest BCUT2D eigenvalue weighted by molar-refractivity contribution is 9.10. The van der Waals surface area contributed by atoms with Crippen molar-refractivity contribution in [2.24, 2.45) is 0 Å². The van der Waals surface area contributed by atoms with Crippen LogP contribution in [0.4, 0.5) is 4.39 Å². The van der Waals surface area contributed by atoms with Crippen LogP contribution in [-0.2, 0) is 25.6 Å². The zero-order valence-corrected chi connectivity index (χ0v) is 23.1. The highest BCUT2D eigenvalue weighted by Crippen LogP contribution is 2.22. The number of nitrogens with one attached hydrogen (secondary N) is 2. The lowest BCUT2D eigenvalue weighted by molar-refractivity contribution is -0.140. The smallest absolute Gasteiger partial charge is 0.305 e. The number of carboxylic acids is 1. The number of hydrogen-bond acceptors (Lipinski definition) is 7. The molecule has 0 bridgehead atoms. The van der Waals surface area contributed by atoms with Crippen molar-refractivity contribution in [1.82, 2.24) is 10.6 Å². The maximum absolute atomic E-state index is 14.0. The van der Waals surface area contributed by atoms with E-state index in [1.54, 1.807) is 12.1 Å². The fourth-order valence-electron chi connectivity index (χ4n) is 3.45. The highest BCUT2D eigenvalue weighted by Gasteiger charge is 2.29. The van der Waals surface area contributed by atoms with Gasteiger partial charge in [-0.2, -0.15) is 0 Å². The number of carboxylic acid groups (broad SMARTS) is 1. The molecule has 1 unspecified atom stereocenters. The molecule has 208 valence electrons. The molecule has 3 N–H and O–H groups in total. The Labute approximate surface area is 232 Å². The van der Waals surface area contributed by atoms with Crippen molar-refractivity contribution in [3.63, 3.8) is 0 Å². The number of methoxy groups -OCH3 is 1. The van der Waals surface area contributed by atoms with Crippen LogP contribution < -0.4 is 20.1 Å². The summed E-state index contributed by atoms with van der Waals surface area (Å²) < 4.78 is 24.9. The SMILES string of the molecule is C=C(C)[C@H](NC(=O)Cc1cc(C(C)=O)ccc1OC)C(=O)NC(CC(=O)O)C(=O)COc1ccc(Br)cc1F. The number of benzene rings is 2. The molecule has 2 amide bonds. The van der Waals surface area contributed by atoms with Crippen LogP contribution in [0.5, 0.6) is 11.5 Å². The summed E-state index contributed by atoms with van der Waals surface area (Å²) in [7, 11) is 1.41. The molecule has 2 aromatic carbocycles. The standard InChI is InChI=1S/C27H28BrFN2O8/c1-14(2)26(31-24(34)10-17-9-16(15(3)32)5-7-22(17)38-4)27(37)30-20(12-25(35)36)21(33)13-39-23-8-6-18(28)11-19(23)29/h5-9,11,20,26H,1,10,12-13H2,2-4H3,(H,30,37)(H,31,34)(H,35,36)/t20?,26-/m0/s1. The van der Waals surface area contributed by atoms with Crippen LogP contribution in [0, 0.1) is 5.82 Å². The lowest BCUT2D eigenvalue weighted by atomic mass is 10.0. The van der Waals surface area contributed by atoms with Crippen LogP contribution in [0.2, 0.25) is 0 Å². The minimum atomic E-state index is -1.53. The molecule has 0 aromatic heterocycles. The van der Waals surface area contributed by atoms with E-state index in [9.17, 15) is 33.5 Å². The predicted octanol–water partition coefficient (Wildman–Crippen LogP) is 3.01. The molecule has 0 aliphatic heterocycles. The van der Waals surface area contributed by atoms with E-state index in [1.807, 2.05) is 0 Å². The number of carbonyl (C=O) groups is 5. The molecule has 0 spiro atoms. The van der Waals surface area contributed by atoms with Gasteiger partial charge in [0.15, 0.2) is 23.1 Å². The maximum Gasteiger partial charge on any atom is 0.305 e.